The second-order valence-corrected chi connectivity index (χ2v) is 7.85. The van der Waals surface area contributed by atoms with Gasteiger partial charge in [0.1, 0.15) is 0 Å². The zero-order chi connectivity index (χ0) is 20.8. The molecule has 30 heavy (non-hydrogen) atoms. The van der Waals surface area contributed by atoms with E-state index in [-0.39, 0.29) is 11.7 Å². The van der Waals surface area contributed by atoms with Crippen molar-refractivity contribution in [1.29, 1.82) is 0 Å². The third kappa shape index (κ3) is 4.72. The number of thioether (sulfide) groups is 1. The highest BCUT2D eigenvalue weighted by Crippen LogP contribution is 2.27. The van der Waals surface area contributed by atoms with Gasteiger partial charge in [-0.2, -0.15) is 0 Å². The number of amides is 1. The van der Waals surface area contributed by atoms with Crippen LogP contribution >= 0.6 is 23.4 Å². The van der Waals surface area contributed by atoms with Crippen molar-refractivity contribution < 1.29 is 4.79 Å². The van der Waals surface area contributed by atoms with Gasteiger partial charge < -0.3 is 5.32 Å². The van der Waals surface area contributed by atoms with Crippen molar-refractivity contribution >= 4 is 29.3 Å². The molecule has 1 N–H and O–H groups in total. The van der Waals surface area contributed by atoms with Gasteiger partial charge in [-0.05, 0) is 23.8 Å². The van der Waals surface area contributed by atoms with Crippen molar-refractivity contribution in [3.63, 3.8) is 0 Å². The molecule has 4 rings (SSSR count). The first-order valence-corrected chi connectivity index (χ1v) is 10.8. The minimum atomic E-state index is -0.0937. The van der Waals surface area contributed by atoms with Gasteiger partial charge in [-0.1, -0.05) is 90.1 Å². The van der Waals surface area contributed by atoms with Crippen LogP contribution in [-0.2, 0) is 11.3 Å². The summed E-state index contributed by atoms with van der Waals surface area (Å²) in [6.07, 6.45) is 0. The molecule has 0 fully saturated rings. The number of hydrogen-bond donors (Lipinski definition) is 1. The van der Waals surface area contributed by atoms with Crippen molar-refractivity contribution in [2.75, 3.05) is 5.75 Å². The second-order valence-electron chi connectivity index (χ2n) is 6.50. The van der Waals surface area contributed by atoms with Crippen molar-refractivity contribution in [2.24, 2.45) is 0 Å². The Balaban J connectivity index is 1.51. The molecule has 3 aromatic carbocycles. The summed E-state index contributed by atoms with van der Waals surface area (Å²) >= 11 is 7.50. The Kier molecular flexibility index (Phi) is 6.47. The molecule has 0 bridgehead atoms. The largest absolute Gasteiger partial charge is 0.351 e. The zero-order valence-corrected chi connectivity index (χ0v) is 17.6. The van der Waals surface area contributed by atoms with Crippen molar-refractivity contribution in [3.8, 4) is 17.1 Å². The molecular weight excluding hydrogens is 416 g/mol. The summed E-state index contributed by atoms with van der Waals surface area (Å²) < 4.78 is 1.97. The van der Waals surface area contributed by atoms with E-state index in [0.717, 1.165) is 22.6 Å². The van der Waals surface area contributed by atoms with Crippen LogP contribution in [0, 0.1) is 0 Å². The Morgan fingerprint density at radius 3 is 2.30 bits per heavy atom. The fourth-order valence-corrected chi connectivity index (χ4v) is 3.95. The zero-order valence-electron chi connectivity index (χ0n) is 16.0. The van der Waals surface area contributed by atoms with Gasteiger partial charge in [0, 0.05) is 22.8 Å². The molecule has 5 nitrogen and oxygen atoms in total. The third-order valence-corrected chi connectivity index (χ3v) is 5.74. The van der Waals surface area contributed by atoms with E-state index in [0.29, 0.717) is 16.7 Å². The van der Waals surface area contributed by atoms with Crippen LogP contribution in [0.2, 0.25) is 5.02 Å². The van der Waals surface area contributed by atoms with Crippen molar-refractivity contribution in [1.82, 2.24) is 20.1 Å². The number of rotatable bonds is 7. The molecule has 0 atom stereocenters. The summed E-state index contributed by atoms with van der Waals surface area (Å²) in [4.78, 5) is 12.4. The topological polar surface area (TPSA) is 59.8 Å². The Morgan fingerprint density at radius 1 is 0.900 bits per heavy atom. The number of nitrogens with zero attached hydrogens (tertiary/aromatic N) is 3. The molecule has 0 unspecified atom stereocenters. The molecule has 150 valence electrons. The first-order chi connectivity index (χ1) is 14.7. The predicted octanol–water partition coefficient (Wildman–Crippen LogP) is 5.00. The smallest absolute Gasteiger partial charge is 0.230 e. The van der Waals surface area contributed by atoms with Crippen molar-refractivity contribution in [3.05, 3.63) is 95.5 Å². The lowest BCUT2D eigenvalue weighted by atomic mass is 10.2. The lowest BCUT2D eigenvalue weighted by molar-refractivity contribution is -0.118. The van der Waals surface area contributed by atoms with Gasteiger partial charge in [0.25, 0.3) is 0 Å². The van der Waals surface area contributed by atoms with Gasteiger partial charge in [-0.3, -0.25) is 9.36 Å². The lowest BCUT2D eigenvalue weighted by Gasteiger charge is -2.10. The summed E-state index contributed by atoms with van der Waals surface area (Å²) in [5, 5.41) is 12.9. The van der Waals surface area contributed by atoms with Gasteiger partial charge in [0.2, 0.25) is 5.91 Å². The van der Waals surface area contributed by atoms with E-state index in [2.05, 4.69) is 15.5 Å². The monoisotopic (exact) mass is 434 g/mol. The van der Waals surface area contributed by atoms with Crippen LogP contribution in [0.15, 0.2) is 90.1 Å². The summed E-state index contributed by atoms with van der Waals surface area (Å²) in [5.74, 6) is 0.870. The fourth-order valence-electron chi connectivity index (χ4n) is 2.96. The maximum Gasteiger partial charge on any atom is 0.230 e. The van der Waals surface area contributed by atoms with E-state index in [4.69, 9.17) is 11.6 Å². The molecule has 0 spiro atoms. The molecular formula is C23H19ClN4OS. The van der Waals surface area contributed by atoms with E-state index in [1.165, 1.54) is 11.8 Å². The van der Waals surface area contributed by atoms with Gasteiger partial charge >= 0.3 is 0 Å². The van der Waals surface area contributed by atoms with Crippen LogP contribution in [0.25, 0.3) is 17.1 Å². The van der Waals surface area contributed by atoms with Gasteiger partial charge in [-0.25, -0.2) is 0 Å². The fraction of sp³-hybridized carbons (Fsp3) is 0.0870. The van der Waals surface area contributed by atoms with Gasteiger partial charge in [0.05, 0.1) is 5.75 Å². The Bertz CT molecular complexity index is 1130. The highest BCUT2D eigenvalue weighted by Gasteiger charge is 2.17. The number of halogens is 1. The number of benzene rings is 3. The number of aromatic nitrogens is 3. The first-order valence-electron chi connectivity index (χ1n) is 9.41. The highest BCUT2D eigenvalue weighted by atomic mass is 35.5. The molecule has 4 aromatic rings. The van der Waals surface area contributed by atoms with E-state index >= 15 is 0 Å². The number of carbonyl (C=O) groups excluding carboxylic acids is 1. The predicted molar refractivity (Wildman–Crippen MR) is 121 cm³/mol. The molecule has 1 amide bonds. The van der Waals surface area contributed by atoms with E-state index in [1.54, 1.807) is 0 Å². The summed E-state index contributed by atoms with van der Waals surface area (Å²) in [6.45, 7) is 0.389. The number of hydrogen-bond acceptors (Lipinski definition) is 4. The molecule has 0 radical (unpaired) electrons. The standard InChI is InChI=1S/C23H19ClN4OS/c24-20-14-8-7-11-18(20)15-25-21(29)16-30-23-27-26-22(17-9-3-1-4-10-17)28(23)19-12-5-2-6-13-19/h1-14H,15-16H2,(H,25,29). The molecule has 0 aliphatic heterocycles. The molecule has 1 heterocycles. The summed E-state index contributed by atoms with van der Waals surface area (Å²) in [7, 11) is 0. The van der Waals surface area contributed by atoms with Gasteiger partial charge in [-0.15, -0.1) is 10.2 Å². The second kappa shape index (κ2) is 9.61. The van der Waals surface area contributed by atoms with E-state index in [9.17, 15) is 4.79 Å². The third-order valence-electron chi connectivity index (χ3n) is 4.45. The molecule has 0 aliphatic carbocycles. The molecule has 7 heteroatoms. The van der Waals surface area contributed by atoms with Crippen LogP contribution in [0.4, 0.5) is 0 Å². The quantitative estimate of drug-likeness (QED) is 0.416. The molecule has 1 aromatic heterocycles. The average Bonchev–Trinajstić information content (AvgIpc) is 3.22. The highest BCUT2D eigenvalue weighted by molar-refractivity contribution is 7.99. The number of carbonyl (C=O) groups is 1. The lowest BCUT2D eigenvalue weighted by Crippen LogP contribution is -2.24. The maximum absolute atomic E-state index is 12.4. The van der Waals surface area contributed by atoms with Crippen LogP contribution in [-0.4, -0.2) is 26.4 Å². The Labute approximate surface area is 184 Å². The first kappa shape index (κ1) is 20.2. The van der Waals surface area contributed by atoms with E-state index in [1.807, 2.05) is 89.5 Å². The van der Waals surface area contributed by atoms with E-state index < -0.39 is 0 Å². The molecule has 0 aliphatic rings. The maximum atomic E-state index is 12.4. The molecule has 0 saturated heterocycles. The number of para-hydroxylation sites is 1. The average molecular weight is 435 g/mol. The van der Waals surface area contributed by atoms with Crippen molar-refractivity contribution in [2.45, 2.75) is 11.7 Å². The summed E-state index contributed by atoms with van der Waals surface area (Å²) in [5.41, 5.74) is 2.79. The summed E-state index contributed by atoms with van der Waals surface area (Å²) in [6, 6.07) is 27.2. The van der Waals surface area contributed by atoms with Crippen LogP contribution in [0.1, 0.15) is 5.56 Å². The number of nitrogens with one attached hydrogen (secondary N) is 1. The van der Waals surface area contributed by atoms with Crippen LogP contribution in [0.3, 0.4) is 0 Å². The minimum Gasteiger partial charge on any atom is -0.351 e. The van der Waals surface area contributed by atoms with Crippen LogP contribution < -0.4 is 5.32 Å². The normalized spacial score (nSPS) is 10.7. The van der Waals surface area contributed by atoms with Gasteiger partial charge in [0.15, 0.2) is 11.0 Å². The Hall–Kier alpha value is -3.09. The SMILES string of the molecule is O=C(CSc1nnc(-c2ccccc2)n1-c1ccccc1)NCc1ccccc1Cl. The Morgan fingerprint density at radius 2 is 1.57 bits per heavy atom. The molecule has 0 saturated carbocycles. The van der Waals surface area contributed by atoms with Crippen LogP contribution in [0.5, 0.6) is 0 Å². The minimum absolute atomic E-state index is 0.0937.